The predicted molar refractivity (Wildman–Crippen MR) is 41.4 cm³/mol. The van der Waals surface area contributed by atoms with Crippen LogP contribution in [0.2, 0.25) is 0 Å². The zero-order valence-electron chi connectivity index (χ0n) is 5.82. The first-order chi connectivity index (χ1) is 5.36. The van der Waals surface area contributed by atoms with Crippen LogP contribution in [0.1, 0.15) is 5.01 Å². The smallest absolute Gasteiger partial charge is 0.205 e. The third-order valence-electron chi connectivity index (χ3n) is 0.990. The molecule has 0 aliphatic heterocycles. The summed E-state index contributed by atoms with van der Waals surface area (Å²) in [6.07, 6.45) is 0. The van der Waals surface area contributed by atoms with E-state index in [1.54, 1.807) is 0 Å². The summed E-state index contributed by atoms with van der Waals surface area (Å²) in [7, 11) is 0. The Morgan fingerprint density at radius 3 is 2.73 bits per heavy atom. The molecule has 3 N–H and O–H groups in total. The molecule has 0 radical (unpaired) electrons. The summed E-state index contributed by atoms with van der Waals surface area (Å²) < 4.78 is 0. The monoisotopic (exact) mass is 175 g/mol. The number of rotatable bonds is 4. The van der Waals surface area contributed by atoms with Crippen molar-refractivity contribution >= 4 is 16.5 Å². The van der Waals surface area contributed by atoms with Gasteiger partial charge in [-0.25, -0.2) is 0 Å². The molecule has 62 valence electrons. The van der Waals surface area contributed by atoms with Crippen LogP contribution in [0, 0.1) is 0 Å². The van der Waals surface area contributed by atoms with E-state index < -0.39 is 0 Å². The van der Waals surface area contributed by atoms with Crippen molar-refractivity contribution in [1.82, 2.24) is 10.2 Å². The van der Waals surface area contributed by atoms with Gasteiger partial charge in [0.05, 0.1) is 13.2 Å². The van der Waals surface area contributed by atoms with E-state index in [0.717, 1.165) is 0 Å². The Morgan fingerprint density at radius 1 is 1.36 bits per heavy atom. The molecule has 5 nitrogen and oxygen atoms in total. The molecule has 1 heterocycles. The highest BCUT2D eigenvalue weighted by atomic mass is 32.1. The van der Waals surface area contributed by atoms with Crippen LogP contribution in [0.5, 0.6) is 0 Å². The summed E-state index contributed by atoms with van der Waals surface area (Å²) in [6, 6.07) is 0. The van der Waals surface area contributed by atoms with Gasteiger partial charge >= 0.3 is 0 Å². The van der Waals surface area contributed by atoms with Gasteiger partial charge < -0.3 is 15.5 Å². The first-order valence-electron chi connectivity index (χ1n) is 3.15. The van der Waals surface area contributed by atoms with E-state index in [4.69, 9.17) is 10.2 Å². The summed E-state index contributed by atoms with van der Waals surface area (Å²) >= 11 is 1.28. The maximum absolute atomic E-state index is 8.61. The molecule has 6 heteroatoms. The second-order valence-corrected chi connectivity index (χ2v) is 2.87. The lowest BCUT2D eigenvalue weighted by Gasteiger charge is -1.94. The topological polar surface area (TPSA) is 78.3 Å². The maximum atomic E-state index is 8.61. The summed E-state index contributed by atoms with van der Waals surface area (Å²) in [6.45, 7) is 0.437. The van der Waals surface area contributed by atoms with E-state index in [9.17, 15) is 0 Å². The number of nitrogens with one attached hydrogen (secondary N) is 1. The van der Waals surface area contributed by atoms with Crippen molar-refractivity contribution in [2.24, 2.45) is 0 Å². The molecule has 0 aliphatic carbocycles. The second-order valence-electron chi connectivity index (χ2n) is 1.81. The van der Waals surface area contributed by atoms with Crippen molar-refractivity contribution in [3.63, 3.8) is 0 Å². The van der Waals surface area contributed by atoms with Crippen molar-refractivity contribution in [3.8, 4) is 0 Å². The van der Waals surface area contributed by atoms with Crippen LogP contribution in [0.3, 0.4) is 0 Å². The number of aromatic nitrogens is 2. The maximum Gasteiger partial charge on any atom is 0.205 e. The fourth-order valence-electron chi connectivity index (χ4n) is 0.552. The number of hydrogen-bond acceptors (Lipinski definition) is 6. The van der Waals surface area contributed by atoms with Gasteiger partial charge in [-0.1, -0.05) is 11.3 Å². The van der Waals surface area contributed by atoms with Crippen LogP contribution in [-0.2, 0) is 6.61 Å². The molecule has 0 atom stereocenters. The van der Waals surface area contributed by atoms with Gasteiger partial charge in [0.25, 0.3) is 0 Å². The van der Waals surface area contributed by atoms with E-state index in [1.165, 1.54) is 11.3 Å². The molecule has 0 saturated heterocycles. The molecule has 0 unspecified atom stereocenters. The highest BCUT2D eigenvalue weighted by Crippen LogP contribution is 2.13. The molecule has 1 rings (SSSR count). The largest absolute Gasteiger partial charge is 0.395 e. The first-order valence-corrected chi connectivity index (χ1v) is 3.96. The fraction of sp³-hybridized carbons (Fsp3) is 0.600. The van der Waals surface area contributed by atoms with Crippen LogP contribution in [0.15, 0.2) is 0 Å². The molecule has 0 bridgehead atoms. The molecular weight excluding hydrogens is 166 g/mol. The quantitative estimate of drug-likeness (QED) is 0.571. The number of aliphatic hydroxyl groups is 2. The van der Waals surface area contributed by atoms with Crippen LogP contribution in [0.4, 0.5) is 5.13 Å². The Hall–Kier alpha value is -0.720. The highest BCUT2D eigenvalue weighted by molar-refractivity contribution is 7.15. The molecule has 0 spiro atoms. The van der Waals surface area contributed by atoms with Gasteiger partial charge in [-0.15, -0.1) is 10.2 Å². The van der Waals surface area contributed by atoms with Crippen molar-refractivity contribution in [2.75, 3.05) is 18.5 Å². The van der Waals surface area contributed by atoms with Gasteiger partial charge in [0, 0.05) is 6.54 Å². The minimum absolute atomic E-state index is 0.0635. The standard InChI is InChI=1S/C5H9N3O2S/c9-2-1-6-5-8-7-4(3-10)11-5/h9-10H,1-3H2,(H,6,8). The number of hydrogen-bond donors (Lipinski definition) is 3. The number of anilines is 1. The van der Waals surface area contributed by atoms with Crippen molar-refractivity contribution in [3.05, 3.63) is 5.01 Å². The van der Waals surface area contributed by atoms with E-state index in [0.29, 0.717) is 16.7 Å². The highest BCUT2D eigenvalue weighted by Gasteiger charge is 2.00. The van der Waals surface area contributed by atoms with Crippen molar-refractivity contribution < 1.29 is 10.2 Å². The van der Waals surface area contributed by atoms with Crippen LogP contribution < -0.4 is 5.32 Å². The normalized spacial score (nSPS) is 10.0. The molecule has 1 aromatic heterocycles. The lowest BCUT2D eigenvalue weighted by atomic mass is 10.7. The van der Waals surface area contributed by atoms with Gasteiger partial charge in [-0.2, -0.15) is 0 Å². The summed E-state index contributed by atoms with van der Waals surface area (Å²) in [5.74, 6) is 0. The third-order valence-corrected chi connectivity index (χ3v) is 1.86. The SMILES string of the molecule is OCCNc1nnc(CO)s1. The van der Waals surface area contributed by atoms with Crippen LogP contribution in [-0.4, -0.2) is 33.6 Å². The van der Waals surface area contributed by atoms with Gasteiger partial charge in [0.15, 0.2) is 0 Å². The summed E-state index contributed by atoms with van der Waals surface area (Å²) in [5.41, 5.74) is 0. The zero-order valence-corrected chi connectivity index (χ0v) is 6.63. The van der Waals surface area contributed by atoms with E-state index in [2.05, 4.69) is 15.5 Å². The van der Waals surface area contributed by atoms with E-state index >= 15 is 0 Å². The lowest BCUT2D eigenvalue weighted by molar-refractivity contribution is 0.280. The predicted octanol–water partition coefficient (Wildman–Crippen LogP) is -0.565. The Bertz CT molecular complexity index is 215. The number of nitrogens with zero attached hydrogens (tertiary/aromatic N) is 2. The van der Waals surface area contributed by atoms with Gasteiger partial charge in [-0.3, -0.25) is 0 Å². The van der Waals surface area contributed by atoms with Gasteiger partial charge in [0.1, 0.15) is 5.01 Å². The second kappa shape index (κ2) is 4.22. The van der Waals surface area contributed by atoms with E-state index in [1.807, 2.05) is 0 Å². The average Bonchev–Trinajstić information content (AvgIpc) is 2.48. The lowest BCUT2D eigenvalue weighted by Crippen LogP contribution is -2.04. The average molecular weight is 175 g/mol. The third kappa shape index (κ3) is 2.41. The molecular formula is C5H9N3O2S. The van der Waals surface area contributed by atoms with Crippen LogP contribution in [0.25, 0.3) is 0 Å². The molecule has 0 aromatic carbocycles. The van der Waals surface area contributed by atoms with E-state index in [-0.39, 0.29) is 13.2 Å². The summed E-state index contributed by atoms with van der Waals surface area (Å²) in [4.78, 5) is 0. The molecule has 0 fully saturated rings. The minimum atomic E-state index is -0.0848. The molecule has 0 saturated carbocycles. The van der Waals surface area contributed by atoms with Crippen molar-refractivity contribution in [1.29, 1.82) is 0 Å². The molecule has 0 amide bonds. The van der Waals surface area contributed by atoms with Crippen LogP contribution >= 0.6 is 11.3 Å². The molecule has 0 aliphatic rings. The first kappa shape index (κ1) is 8.38. The summed E-state index contributed by atoms with van der Waals surface area (Å²) in [5, 5.41) is 28.5. The zero-order chi connectivity index (χ0) is 8.10. The Morgan fingerprint density at radius 2 is 2.18 bits per heavy atom. The molecule has 1 aromatic rings. The Kier molecular flexibility index (Phi) is 3.21. The number of aliphatic hydroxyl groups excluding tert-OH is 2. The van der Waals surface area contributed by atoms with Gasteiger partial charge in [-0.05, 0) is 0 Å². The Labute approximate surface area is 67.7 Å². The molecule has 11 heavy (non-hydrogen) atoms. The van der Waals surface area contributed by atoms with Gasteiger partial charge in [0.2, 0.25) is 5.13 Å². The minimum Gasteiger partial charge on any atom is -0.395 e. The fourth-order valence-corrected chi connectivity index (χ4v) is 1.18. The van der Waals surface area contributed by atoms with Crippen molar-refractivity contribution in [2.45, 2.75) is 6.61 Å². The Balaban J connectivity index is 2.44.